The average Bonchev–Trinajstić information content (AvgIpc) is 2.60. The van der Waals surface area contributed by atoms with E-state index in [0.29, 0.717) is 18.1 Å². The fraction of sp³-hybridized carbons (Fsp3) is 0.550. The Hall–Kier alpha value is -1.71. The van der Waals surface area contributed by atoms with Gasteiger partial charge < -0.3 is 4.74 Å². The van der Waals surface area contributed by atoms with Crippen molar-refractivity contribution in [1.29, 1.82) is 0 Å². The van der Waals surface area contributed by atoms with Crippen molar-refractivity contribution in [2.75, 3.05) is 6.61 Å². The van der Waals surface area contributed by atoms with Crippen LogP contribution in [-0.2, 0) is 9.53 Å². The fourth-order valence-corrected chi connectivity index (χ4v) is 3.54. The Morgan fingerprint density at radius 1 is 1.17 bits per heavy atom. The molecule has 1 saturated carbocycles. The minimum atomic E-state index is -0.744. The fourth-order valence-electron chi connectivity index (χ4n) is 3.54. The third kappa shape index (κ3) is 5.43. The SMILES string of the molecule is C=CC(=O)OCCCCC[C@H]1CC[C@H](c2cccc(F)c2F)CC1. The first kappa shape index (κ1) is 18.6. The lowest BCUT2D eigenvalue weighted by atomic mass is 9.77. The molecule has 24 heavy (non-hydrogen) atoms. The molecular formula is C20H26F2O2. The third-order valence-corrected chi connectivity index (χ3v) is 4.94. The van der Waals surface area contributed by atoms with Crippen LogP contribution >= 0.6 is 0 Å². The second-order valence-corrected chi connectivity index (χ2v) is 6.58. The number of halogens is 2. The van der Waals surface area contributed by atoms with Gasteiger partial charge in [0.25, 0.3) is 0 Å². The summed E-state index contributed by atoms with van der Waals surface area (Å²) in [5.41, 5.74) is 0.539. The van der Waals surface area contributed by atoms with Crippen LogP contribution in [-0.4, -0.2) is 12.6 Å². The van der Waals surface area contributed by atoms with E-state index in [2.05, 4.69) is 6.58 Å². The van der Waals surface area contributed by atoms with Crippen molar-refractivity contribution in [2.24, 2.45) is 5.92 Å². The molecule has 1 aromatic carbocycles. The van der Waals surface area contributed by atoms with Crippen LogP contribution in [0.3, 0.4) is 0 Å². The number of rotatable bonds is 8. The maximum Gasteiger partial charge on any atom is 0.330 e. The summed E-state index contributed by atoms with van der Waals surface area (Å²) < 4.78 is 32.2. The predicted octanol–water partition coefficient (Wildman–Crippen LogP) is 5.53. The van der Waals surface area contributed by atoms with Gasteiger partial charge in [-0.05, 0) is 55.6 Å². The summed E-state index contributed by atoms with van der Waals surface area (Å²) in [6, 6.07) is 4.49. The molecule has 2 rings (SSSR count). The van der Waals surface area contributed by atoms with E-state index >= 15 is 0 Å². The quantitative estimate of drug-likeness (QED) is 0.354. The van der Waals surface area contributed by atoms with Crippen LogP contribution in [0.4, 0.5) is 8.78 Å². The van der Waals surface area contributed by atoms with Crippen LogP contribution in [0.15, 0.2) is 30.9 Å². The van der Waals surface area contributed by atoms with Crippen LogP contribution in [0.5, 0.6) is 0 Å². The molecule has 2 nitrogen and oxygen atoms in total. The van der Waals surface area contributed by atoms with Gasteiger partial charge >= 0.3 is 5.97 Å². The Labute approximate surface area is 142 Å². The Bertz CT molecular complexity index is 549. The van der Waals surface area contributed by atoms with E-state index in [9.17, 15) is 13.6 Å². The molecule has 0 heterocycles. The highest BCUT2D eigenvalue weighted by Crippen LogP contribution is 2.38. The lowest BCUT2D eigenvalue weighted by Gasteiger charge is -2.29. The summed E-state index contributed by atoms with van der Waals surface area (Å²) >= 11 is 0. The summed E-state index contributed by atoms with van der Waals surface area (Å²) in [7, 11) is 0. The van der Waals surface area contributed by atoms with Crippen molar-refractivity contribution in [1.82, 2.24) is 0 Å². The van der Waals surface area contributed by atoms with E-state index in [-0.39, 0.29) is 11.9 Å². The normalized spacial score (nSPS) is 20.6. The number of carbonyl (C=O) groups is 1. The molecule has 1 aromatic rings. The van der Waals surface area contributed by atoms with Gasteiger partial charge in [-0.2, -0.15) is 0 Å². The third-order valence-electron chi connectivity index (χ3n) is 4.94. The molecule has 1 fully saturated rings. The topological polar surface area (TPSA) is 26.3 Å². The molecule has 4 heteroatoms. The van der Waals surface area contributed by atoms with Crippen molar-refractivity contribution in [3.05, 3.63) is 48.1 Å². The zero-order valence-electron chi connectivity index (χ0n) is 14.1. The standard InChI is InChI=1S/C20H26F2O2/c1-2-19(23)24-14-5-3-4-7-15-10-12-16(13-11-15)17-8-6-9-18(21)20(17)22/h2,6,8-9,15-16H,1,3-5,7,10-14H2/t15-,16-. The molecule has 0 saturated heterocycles. The molecule has 0 spiro atoms. The monoisotopic (exact) mass is 336 g/mol. The summed E-state index contributed by atoms with van der Waals surface area (Å²) in [5, 5.41) is 0. The number of carbonyl (C=O) groups excluding carboxylic acids is 1. The number of hydrogen-bond donors (Lipinski definition) is 0. The number of benzene rings is 1. The van der Waals surface area contributed by atoms with Crippen molar-refractivity contribution >= 4 is 5.97 Å². The minimum absolute atomic E-state index is 0.148. The largest absolute Gasteiger partial charge is 0.463 e. The molecular weight excluding hydrogens is 310 g/mol. The molecule has 0 atom stereocenters. The summed E-state index contributed by atoms with van der Waals surface area (Å²) in [5.74, 6) is -0.955. The maximum atomic E-state index is 13.9. The van der Waals surface area contributed by atoms with Crippen molar-refractivity contribution in [2.45, 2.75) is 57.3 Å². The lowest BCUT2D eigenvalue weighted by molar-refractivity contribution is -0.137. The van der Waals surface area contributed by atoms with Crippen molar-refractivity contribution in [3.63, 3.8) is 0 Å². The number of ether oxygens (including phenoxy) is 1. The number of esters is 1. The van der Waals surface area contributed by atoms with Gasteiger partial charge in [0.05, 0.1) is 6.61 Å². The molecule has 0 amide bonds. The van der Waals surface area contributed by atoms with Gasteiger partial charge in [-0.1, -0.05) is 38.0 Å². The lowest BCUT2D eigenvalue weighted by Crippen LogP contribution is -2.15. The van der Waals surface area contributed by atoms with Gasteiger partial charge in [0, 0.05) is 6.08 Å². The second kappa shape index (κ2) is 9.55. The molecule has 0 unspecified atom stereocenters. The highest BCUT2D eigenvalue weighted by atomic mass is 19.2. The van der Waals surface area contributed by atoms with Crippen LogP contribution in [0.1, 0.15) is 62.8 Å². The highest BCUT2D eigenvalue weighted by molar-refractivity contribution is 5.81. The van der Waals surface area contributed by atoms with Gasteiger partial charge in [0.1, 0.15) is 0 Å². The molecule has 0 bridgehead atoms. The summed E-state index contributed by atoms with van der Waals surface area (Å²) in [6.07, 6.45) is 9.40. The van der Waals surface area contributed by atoms with Crippen LogP contribution in [0.2, 0.25) is 0 Å². The molecule has 0 aromatic heterocycles. The number of unbranched alkanes of at least 4 members (excludes halogenated alkanes) is 2. The van der Waals surface area contributed by atoms with Crippen molar-refractivity contribution in [3.8, 4) is 0 Å². The van der Waals surface area contributed by atoms with E-state index in [0.717, 1.165) is 51.4 Å². The van der Waals surface area contributed by atoms with Gasteiger partial charge in [0.15, 0.2) is 11.6 Å². The average molecular weight is 336 g/mol. The van der Waals surface area contributed by atoms with E-state index in [4.69, 9.17) is 4.74 Å². The van der Waals surface area contributed by atoms with E-state index in [1.54, 1.807) is 12.1 Å². The molecule has 1 aliphatic carbocycles. The van der Waals surface area contributed by atoms with Crippen LogP contribution in [0, 0.1) is 17.6 Å². The highest BCUT2D eigenvalue weighted by Gasteiger charge is 2.24. The van der Waals surface area contributed by atoms with Gasteiger partial charge in [0.2, 0.25) is 0 Å². The van der Waals surface area contributed by atoms with Crippen LogP contribution < -0.4 is 0 Å². The second-order valence-electron chi connectivity index (χ2n) is 6.58. The van der Waals surface area contributed by atoms with Gasteiger partial charge in [-0.15, -0.1) is 0 Å². The Kier molecular flexibility index (Phi) is 7.41. The van der Waals surface area contributed by atoms with Crippen molar-refractivity contribution < 1.29 is 18.3 Å². The summed E-state index contributed by atoms with van der Waals surface area (Å²) in [4.78, 5) is 10.9. The maximum absolute atomic E-state index is 13.9. The molecule has 0 aliphatic heterocycles. The Morgan fingerprint density at radius 2 is 1.92 bits per heavy atom. The molecule has 0 radical (unpaired) electrons. The van der Waals surface area contributed by atoms with E-state index in [1.807, 2.05) is 0 Å². The van der Waals surface area contributed by atoms with Crippen LogP contribution in [0.25, 0.3) is 0 Å². The first-order chi connectivity index (χ1) is 11.6. The first-order valence-electron chi connectivity index (χ1n) is 8.85. The van der Waals surface area contributed by atoms with E-state index in [1.165, 1.54) is 12.1 Å². The predicted molar refractivity (Wildman–Crippen MR) is 90.7 cm³/mol. The minimum Gasteiger partial charge on any atom is -0.463 e. The van der Waals surface area contributed by atoms with E-state index < -0.39 is 11.6 Å². The van der Waals surface area contributed by atoms with Gasteiger partial charge in [-0.25, -0.2) is 13.6 Å². The zero-order valence-corrected chi connectivity index (χ0v) is 14.1. The zero-order chi connectivity index (χ0) is 17.4. The summed E-state index contributed by atoms with van der Waals surface area (Å²) in [6.45, 7) is 3.81. The molecule has 132 valence electrons. The molecule has 0 N–H and O–H groups in total. The Morgan fingerprint density at radius 3 is 2.62 bits per heavy atom. The first-order valence-corrected chi connectivity index (χ1v) is 8.85. The smallest absolute Gasteiger partial charge is 0.330 e. The Balaban J connectivity index is 1.63. The molecule has 1 aliphatic rings. The number of hydrogen-bond acceptors (Lipinski definition) is 2. The van der Waals surface area contributed by atoms with Gasteiger partial charge in [-0.3, -0.25) is 0 Å².